The van der Waals surface area contributed by atoms with E-state index in [1.165, 1.54) is 0 Å². The van der Waals surface area contributed by atoms with Crippen molar-refractivity contribution in [1.82, 2.24) is 15.3 Å². The minimum atomic E-state index is 0. The van der Waals surface area contributed by atoms with Crippen LogP contribution >= 0.6 is 24.8 Å². The molecule has 0 saturated carbocycles. The second-order valence-corrected chi connectivity index (χ2v) is 3.33. The highest BCUT2D eigenvalue weighted by Gasteiger charge is 2.12. The van der Waals surface area contributed by atoms with E-state index in [-0.39, 0.29) is 30.4 Å². The van der Waals surface area contributed by atoms with Gasteiger partial charge in [-0.25, -0.2) is 4.98 Å². The van der Waals surface area contributed by atoms with Crippen LogP contribution in [-0.4, -0.2) is 23.1 Å². The molecule has 0 aromatic carbocycles. The van der Waals surface area contributed by atoms with Gasteiger partial charge in [-0.05, 0) is 19.9 Å². The average molecular weight is 252 g/mol. The molecule has 15 heavy (non-hydrogen) atoms. The van der Waals surface area contributed by atoms with Gasteiger partial charge in [-0.2, -0.15) is 0 Å². The average Bonchev–Trinajstić information content (AvgIpc) is 2.28. The second kappa shape index (κ2) is 6.10. The molecular weight excluding hydrogens is 237 g/mol. The maximum Gasteiger partial charge on any atom is 0.254 e. The molecule has 0 spiro atoms. The van der Waals surface area contributed by atoms with Crippen LogP contribution in [0.5, 0.6) is 0 Å². The van der Waals surface area contributed by atoms with Gasteiger partial charge in [-0.15, -0.1) is 24.8 Å². The number of aryl methyl sites for hydroxylation is 1. The van der Waals surface area contributed by atoms with Gasteiger partial charge in [0.15, 0.2) is 0 Å². The molecular formula is C9H15Cl2N3O. The minimum Gasteiger partial charge on any atom is -0.316 e. The van der Waals surface area contributed by atoms with Crippen LogP contribution in [0.25, 0.3) is 0 Å². The Labute approximate surface area is 101 Å². The third kappa shape index (κ3) is 3.19. The number of aromatic amines is 1. The number of hydrogen-bond acceptors (Lipinski definition) is 3. The second-order valence-electron chi connectivity index (χ2n) is 3.33. The van der Waals surface area contributed by atoms with Crippen molar-refractivity contribution in [2.24, 2.45) is 0 Å². The van der Waals surface area contributed by atoms with Crippen molar-refractivity contribution in [3.63, 3.8) is 0 Å². The van der Waals surface area contributed by atoms with E-state index in [1.807, 2.05) is 6.92 Å². The molecule has 0 amide bonds. The highest BCUT2D eigenvalue weighted by atomic mass is 35.5. The van der Waals surface area contributed by atoms with Crippen molar-refractivity contribution < 1.29 is 0 Å². The Morgan fingerprint density at radius 2 is 1.87 bits per heavy atom. The fourth-order valence-electron chi connectivity index (χ4n) is 1.68. The van der Waals surface area contributed by atoms with Gasteiger partial charge in [0, 0.05) is 18.5 Å². The quantitative estimate of drug-likeness (QED) is 0.711. The lowest BCUT2D eigenvalue weighted by atomic mass is 10.1. The largest absolute Gasteiger partial charge is 0.316 e. The molecule has 4 nitrogen and oxygen atoms in total. The Hall–Kier alpha value is -0.580. The predicted octanol–water partition coefficient (Wildman–Crippen LogP) is 0.610. The van der Waals surface area contributed by atoms with Gasteiger partial charge in [0.05, 0.1) is 5.69 Å². The molecule has 0 unspecified atom stereocenters. The summed E-state index contributed by atoms with van der Waals surface area (Å²) in [5.74, 6) is 0.714. The third-order valence-electron chi connectivity index (χ3n) is 2.31. The van der Waals surface area contributed by atoms with Crippen molar-refractivity contribution >= 4 is 24.8 Å². The van der Waals surface area contributed by atoms with E-state index in [1.54, 1.807) is 0 Å². The number of nitrogens with one attached hydrogen (secondary N) is 2. The maximum atomic E-state index is 11.5. The van der Waals surface area contributed by atoms with E-state index < -0.39 is 0 Å². The molecule has 0 atom stereocenters. The molecule has 2 N–H and O–H groups in total. The van der Waals surface area contributed by atoms with Gasteiger partial charge in [-0.1, -0.05) is 0 Å². The zero-order chi connectivity index (χ0) is 9.26. The number of fused-ring (bicyclic) bond motifs is 1. The lowest BCUT2D eigenvalue weighted by Crippen LogP contribution is -2.19. The standard InChI is InChI=1S/C9H13N3O.2ClH/c1-6-11-8-3-5-10-4-2-7(8)9(13)12-6;;/h10H,2-5H2,1H3,(H,11,12,13);2*1H. The van der Waals surface area contributed by atoms with Crippen LogP contribution in [0.1, 0.15) is 17.1 Å². The molecule has 86 valence electrons. The predicted molar refractivity (Wildman–Crippen MR) is 64.4 cm³/mol. The van der Waals surface area contributed by atoms with Crippen LogP contribution in [-0.2, 0) is 12.8 Å². The van der Waals surface area contributed by atoms with E-state index in [9.17, 15) is 4.79 Å². The summed E-state index contributed by atoms with van der Waals surface area (Å²) in [5, 5.41) is 3.25. The zero-order valence-corrected chi connectivity index (χ0v) is 10.1. The number of hydrogen-bond donors (Lipinski definition) is 2. The summed E-state index contributed by atoms with van der Waals surface area (Å²) >= 11 is 0. The summed E-state index contributed by atoms with van der Waals surface area (Å²) in [6.45, 7) is 3.61. The molecule has 0 bridgehead atoms. The Morgan fingerprint density at radius 1 is 1.20 bits per heavy atom. The molecule has 1 aliphatic heterocycles. The fraction of sp³-hybridized carbons (Fsp3) is 0.556. The molecule has 1 aromatic rings. The monoisotopic (exact) mass is 251 g/mol. The molecule has 0 radical (unpaired) electrons. The Kier molecular flexibility index (Phi) is 5.87. The van der Waals surface area contributed by atoms with E-state index >= 15 is 0 Å². The van der Waals surface area contributed by atoms with Crippen molar-refractivity contribution in [3.8, 4) is 0 Å². The smallest absolute Gasteiger partial charge is 0.254 e. The van der Waals surface area contributed by atoms with Crippen molar-refractivity contribution in [3.05, 3.63) is 27.4 Å². The lowest BCUT2D eigenvalue weighted by molar-refractivity contribution is 0.708. The van der Waals surface area contributed by atoms with E-state index in [4.69, 9.17) is 0 Å². The summed E-state index contributed by atoms with van der Waals surface area (Å²) in [5.41, 5.74) is 1.85. The highest BCUT2D eigenvalue weighted by molar-refractivity contribution is 5.85. The molecule has 0 fully saturated rings. The topological polar surface area (TPSA) is 57.8 Å². The number of nitrogens with zero attached hydrogens (tertiary/aromatic N) is 1. The zero-order valence-electron chi connectivity index (χ0n) is 8.50. The van der Waals surface area contributed by atoms with Crippen LogP contribution in [0, 0.1) is 6.92 Å². The highest BCUT2D eigenvalue weighted by Crippen LogP contribution is 2.04. The number of H-pyrrole nitrogens is 1. The molecule has 0 saturated heterocycles. The summed E-state index contributed by atoms with van der Waals surface area (Å²) in [4.78, 5) is 18.6. The molecule has 0 aliphatic carbocycles. The van der Waals surface area contributed by atoms with Gasteiger partial charge in [0.2, 0.25) is 0 Å². The van der Waals surface area contributed by atoms with Crippen molar-refractivity contribution in [2.75, 3.05) is 13.1 Å². The van der Waals surface area contributed by atoms with E-state index in [2.05, 4.69) is 15.3 Å². The Bertz CT molecular complexity index is 378. The van der Waals surface area contributed by atoms with E-state index in [0.29, 0.717) is 5.82 Å². The van der Waals surface area contributed by atoms with Gasteiger partial charge < -0.3 is 10.3 Å². The van der Waals surface area contributed by atoms with E-state index in [0.717, 1.165) is 37.2 Å². The first-order valence-corrected chi connectivity index (χ1v) is 4.57. The first-order chi connectivity index (χ1) is 6.27. The first kappa shape index (κ1) is 14.4. The fourth-order valence-corrected chi connectivity index (χ4v) is 1.68. The summed E-state index contributed by atoms with van der Waals surface area (Å²) in [6, 6.07) is 0. The number of aromatic nitrogens is 2. The van der Waals surface area contributed by atoms with Crippen LogP contribution in [0.15, 0.2) is 4.79 Å². The van der Waals surface area contributed by atoms with Crippen LogP contribution < -0.4 is 10.9 Å². The maximum absolute atomic E-state index is 11.5. The van der Waals surface area contributed by atoms with Crippen molar-refractivity contribution in [1.29, 1.82) is 0 Å². The van der Waals surface area contributed by atoms with Gasteiger partial charge in [0.1, 0.15) is 5.82 Å². The number of rotatable bonds is 0. The molecule has 1 aliphatic rings. The van der Waals surface area contributed by atoms with Crippen LogP contribution in [0.2, 0.25) is 0 Å². The normalized spacial score (nSPS) is 14.2. The van der Waals surface area contributed by atoms with Gasteiger partial charge in [-0.3, -0.25) is 4.79 Å². The first-order valence-electron chi connectivity index (χ1n) is 4.57. The number of halogens is 2. The lowest BCUT2D eigenvalue weighted by Gasteiger charge is -2.03. The SMILES string of the molecule is Cc1nc2c(c(=O)[nH]1)CCNCC2.Cl.Cl. The molecule has 2 rings (SSSR count). The Balaban J connectivity index is 0.000000980. The Morgan fingerprint density at radius 3 is 2.60 bits per heavy atom. The summed E-state index contributed by atoms with van der Waals surface area (Å²) in [6.07, 6.45) is 1.65. The minimum absolute atomic E-state index is 0. The summed E-state index contributed by atoms with van der Waals surface area (Å²) < 4.78 is 0. The molecule has 6 heteroatoms. The van der Waals surface area contributed by atoms with Crippen LogP contribution in [0.4, 0.5) is 0 Å². The van der Waals surface area contributed by atoms with Crippen LogP contribution in [0.3, 0.4) is 0 Å². The van der Waals surface area contributed by atoms with Crippen molar-refractivity contribution in [2.45, 2.75) is 19.8 Å². The van der Waals surface area contributed by atoms with Gasteiger partial charge in [0.25, 0.3) is 5.56 Å². The summed E-state index contributed by atoms with van der Waals surface area (Å²) in [7, 11) is 0. The van der Waals surface area contributed by atoms with Gasteiger partial charge >= 0.3 is 0 Å². The molecule has 1 aromatic heterocycles. The third-order valence-corrected chi connectivity index (χ3v) is 2.31. The molecule has 2 heterocycles.